The molecule has 0 radical (unpaired) electrons. The Hall–Kier alpha value is -2.70. The summed E-state index contributed by atoms with van der Waals surface area (Å²) in [7, 11) is 0. The van der Waals surface area contributed by atoms with Gasteiger partial charge < -0.3 is 10.1 Å². The van der Waals surface area contributed by atoms with Gasteiger partial charge in [0.2, 0.25) is 11.8 Å². The first-order valence-corrected chi connectivity index (χ1v) is 9.29. The van der Waals surface area contributed by atoms with Crippen molar-refractivity contribution in [1.82, 2.24) is 4.90 Å². The number of anilines is 1. The van der Waals surface area contributed by atoms with Gasteiger partial charge in [0.15, 0.2) is 6.10 Å². The van der Waals surface area contributed by atoms with Crippen LogP contribution < -0.4 is 5.32 Å². The van der Waals surface area contributed by atoms with Crippen molar-refractivity contribution in [2.45, 2.75) is 45.6 Å². The average molecular weight is 372 g/mol. The predicted molar refractivity (Wildman–Crippen MR) is 97.5 cm³/mol. The van der Waals surface area contributed by atoms with Crippen LogP contribution in [0.4, 0.5) is 5.69 Å². The molecule has 7 heteroatoms. The van der Waals surface area contributed by atoms with Gasteiger partial charge in [-0.15, -0.1) is 0 Å². The van der Waals surface area contributed by atoms with Gasteiger partial charge in [-0.25, -0.2) is 0 Å². The molecule has 1 N–H and O–H groups in total. The number of rotatable bonds is 5. The minimum absolute atomic E-state index is 0.293. The molecule has 1 saturated carbocycles. The molecule has 1 aliphatic carbocycles. The van der Waals surface area contributed by atoms with Gasteiger partial charge in [0.25, 0.3) is 5.91 Å². The molecule has 3 atom stereocenters. The van der Waals surface area contributed by atoms with E-state index in [9.17, 15) is 19.2 Å². The number of hydrogen-bond acceptors (Lipinski definition) is 5. The van der Waals surface area contributed by atoms with Crippen LogP contribution in [0.15, 0.2) is 24.3 Å². The number of ether oxygens (including phenoxy) is 1. The van der Waals surface area contributed by atoms with E-state index in [0.717, 1.165) is 23.3 Å². The van der Waals surface area contributed by atoms with Gasteiger partial charge in [0.05, 0.1) is 11.8 Å². The predicted octanol–water partition coefficient (Wildman–Crippen LogP) is 2.04. The molecule has 7 nitrogen and oxygen atoms in total. The number of likely N-dealkylation sites (tertiary alicyclic amines) is 1. The highest BCUT2D eigenvalue weighted by Crippen LogP contribution is 2.37. The van der Waals surface area contributed by atoms with E-state index in [4.69, 9.17) is 4.74 Å². The molecule has 1 aromatic carbocycles. The second-order valence-corrected chi connectivity index (χ2v) is 7.25. The van der Waals surface area contributed by atoms with Gasteiger partial charge in [-0.3, -0.25) is 24.1 Å². The normalized spacial score (nSPS) is 23.0. The summed E-state index contributed by atoms with van der Waals surface area (Å²) in [6.45, 7) is 2.95. The molecule has 3 rings (SSSR count). The van der Waals surface area contributed by atoms with Gasteiger partial charge in [-0.2, -0.15) is 0 Å². The zero-order valence-electron chi connectivity index (χ0n) is 15.6. The Morgan fingerprint density at radius 2 is 1.67 bits per heavy atom. The van der Waals surface area contributed by atoms with Crippen LogP contribution in [0.5, 0.6) is 0 Å². The van der Waals surface area contributed by atoms with Crippen molar-refractivity contribution in [2.75, 3.05) is 11.9 Å². The number of nitrogens with one attached hydrogen (secondary N) is 1. The van der Waals surface area contributed by atoms with Crippen molar-refractivity contribution in [3.8, 4) is 0 Å². The number of nitrogens with zero attached hydrogens (tertiary/aromatic N) is 1. The van der Waals surface area contributed by atoms with Crippen LogP contribution in [-0.2, 0) is 23.9 Å². The molecule has 2 fully saturated rings. The SMILES string of the molecule is Cc1ccc(NC(=O)C(C)OC(=O)CN2C(=O)C3CCCCC3C2=O)cc1. The summed E-state index contributed by atoms with van der Waals surface area (Å²) in [6, 6.07) is 7.23. The van der Waals surface area contributed by atoms with Gasteiger partial charge in [0.1, 0.15) is 6.54 Å². The molecule has 3 unspecified atom stereocenters. The first kappa shape index (κ1) is 19.1. The number of aryl methyl sites for hydroxylation is 1. The lowest BCUT2D eigenvalue weighted by Crippen LogP contribution is -2.39. The monoisotopic (exact) mass is 372 g/mol. The van der Waals surface area contributed by atoms with Crippen molar-refractivity contribution in [1.29, 1.82) is 0 Å². The maximum absolute atomic E-state index is 12.4. The van der Waals surface area contributed by atoms with Crippen LogP contribution in [-0.4, -0.2) is 41.2 Å². The standard InChI is InChI=1S/C20H24N2O5/c1-12-7-9-14(10-8-12)21-18(24)13(2)27-17(23)11-22-19(25)15-5-3-4-6-16(15)20(22)26/h7-10,13,15-16H,3-6,11H2,1-2H3,(H,21,24). The van der Waals surface area contributed by atoms with Crippen molar-refractivity contribution >= 4 is 29.4 Å². The minimum Gasteiger partial charge on any atom is -0.451 e. The molecular formula is C20H24N2O5. The Morgan fingerprint density at radius 3 is 2.22 bits per heavy atom. The summed E-state index contributed by atoms with van der Waals surface area (Å²) in [5, 5.41) is 2.66. The van der Waals surface area contributed by atoms with E-state index in [2.05, 4.69) is 5.32 Å². The van der Waals surface area contributed by atoms with Gasteiger partial charge in [0, 0.05) is 5.69 Å². The maximum atomic E-state index is 12.4. The zero-order chi connectivity index (χ0) is 19.6. The molecule has 144 valence electrons. The molecule has 0 bridgehead atoms. The quantitative estimate of drug-likeness (QED) is 0.631. The van der Waals surface area contributed by atoms with E-state index in [0.29, 0.717) is 18.5 Å². The second-order valence-electron chi connectivity index (χ2n) is 7.25. The van der Waals surface area contributed by atoms with Crippen LogP contribution in [0.25, 0.3) is 0 Å². The van der Waals surface area contributed by atoms with Crippen LogP contribution in [0.1, 0.15) is 38.2 Å². The summed E-state index contributed by atoms with van der Waals surface area (Å²) in [5.41, 5.74) is 1.66. The Kier molecular flexibility index (Phi) is 5.58. The van der Waals surface area contributed by atoms with E-state index < -0.39 is 24.5 Å². The van der Waals surface area contributed by atoms with Crippen molar-refractivity contribution in [3.05, 3.63) is 29.8 Å². The highest BCUT2D eigenvalue weighted by molar-refractivity contribution is 6.07. The first-order valence-electron chi connectivity index (χ1n) is 9.29. The number of imide groups is 1. The smallest absolute Gasteiger partial charge is 0.326 e. The lowest BCUT2D eigenvalue weighted by Gasteiger charge is -2.19. The summed E-state index contributed by atoms with van der Waals surface area (Å²) >= 11 is 0. The van der Waals surface area contributed by atoms with Crippen molar-refractivity contribution in [3.63, 3.8) is 0 Å². The number of amides is 3. The fourth-order valence-electron chi connectivity index (χ4n) is 3.68. The zero-order valence-corrected chi connectivity index (χ0v) is 15.6. The van der Waals surface area contributed by atoms with Gasteiger partial charge in [-0.05, 0) is 38.8 Å². The van der Waals surface area contributed by atoms with E-state index in [1.165, 1.54) is 6.92 Å². The Bertz CT molecular complexity index is 734. The van der Waals surface area contributed by atoms with Crippen LogP contribution >= 0.6 is 0 Å². The van der Waals surface area contributed by atoms with E-state index >= 15 is 0 Å². The van der Waals surface area contributed by atoms with Crippen LogP contribution in [0, 0.1) is 18.8 Å². The average Bonchev–Trinajstić information content (AvgIpc) is 2.89. The molecule has 1 aliphatic heterocycles. The third kappa shape index (κ3) is 4.18. The fourth-order valence-corrected chi connectivity index (χ4v) is 3.68. The molecule has 3 amide bonds. The summed E-state index contributed by atoms with van der Waals surface area (Å²) in [5.74, 6) is -2.43. The van der Waals surface area contributed by atoms with Gasteiger partial charge in [-0.1, -0.05) is 30.5 Å². The number of benzene rings is 1. The molecule has 1 aromatic rings. The molecule has 0 spiro atoms. The second kappa shape index (κ2) is 7.90. The molecule has 0 aromatic heterocycles. The molecule has 1 saturated heterocycles. The number of carbonyl (C=O) groups is 4. The Balaban J connectivity index is 1.53. The number of hydrogen-bond donors (Lipinski definition) is 1. The first-order chi connectivity index (χ1) is 12.9. The van der Waals surface area contributed by atoms with E-state index in [1.807, 2.05) is 19.1 Å². The topological polar surface area (TPSA) is 92.8 Å². The number of esters is 1. The molecule has 1 heterocycles. The molecular weight excluding hydrogens is 348 g/mol. The summed E-state index contributed by atoms with van der Waals surface area (Å²) in [4.78, 5) is 50.1. The third-order valence-corrected chi connectivity index (χ3v) is 5.22. The van der Waals surface area contributed by atoms with E-state index in [-0.39, 0.29) is 23.7 Å². The maximum Gasteiger partial charge on any atom is 0.326 e. The summed E-state index contributed by atoms with van der Waals surface area (Å²) in [6.07, 6.45) is 2.20. The highest BCUT2D eigenvalue weighted by atomic mass is 16.5. The fraction of sp³-hybridized carbons (Fsp3) is 0.500. The third-order valence-electron chi connectivity index (χ3n) is 5.22. The molecule has 2 aliphatic rings. The lowest BCUT2D eigenvalue weighted by atomic mass is 9.81. The van der Waals surface area contributed by atoms with E-state index in [1.54, 1.807) is 12.1 Å². The van der Waals surface area contributed by atoms with Crippen molar-refractivity contribution < 1.29 is 23.9 Å². The largest absolute Gasteiger partial charge is 0.451 e. The Morgan fingerprint density at radius 1 is 1.11 bits per heavy atom. The van der Waals surface area contributed by atoms with Crippen molar-refractivity contribution in [2.24, 2.45) is 11.8 Å². The number of fused-ring (bicyclic) bond motifs is 1. The highest BCUT2D eigenvalue weighted by Gasteiger charge is 2.48. The van der Waals surface area contributed by atoms with Crippen LogP contribution in [0.2, 0.25) is 0 Å². The summed E-state index contributed by atoms with van der Waals surface area (Å²) < 4.78 is 5.12. The minimum atomic E-state index is -1.03. The Labute approximate surface area is 158 Å². The molecule has 27 heavy (non-hydrogen) atoms. The van der Waals surface area contributed by atoms with Crippen LogP contribution in [0.3, 0.4) is 0 Å². The lowest BCUT2D eigenvalue weighted by molar-refractivity contribution is -0.158. The number of carbonyl (C=O) groups excluding carboxylic acids is 4. The van der Waals surface area contributed by atoms with Gasteiger partial charge >= 0.3 is 5.97 Å².